The van der Waals surface area contributed by atoms with Gasteiger partial charge >= 0.3 is 0 Å². The molecule has 0 spiro atoms. The van der Waals surface area contributed by atoms with Crippen LogP contribution >= 0.6 is 0 Å². The third-order valence-electron chi connectivity index (χ3n) is 6.69. The van der Waals surface area contributed by atoms with E-state index in [1.54, 1.807) is 6.07 Å². The molecule has 1 aromatic rings. The Hall–Kier alpha value is -1.48. The summed E-state index contributed by atoms with van der Waals surface area (Å²) in [7, 11) is 0. The Kier molecular flexibility index (Phi) is 4.43. The van der Waals surface area contributed by atoms with Crippen LogP contribution in [0.15, 0.2) is 24.3 Å². The lowest BCUT2D eigenvalue weighted by Gasteiger charge is -2.54. The zero-order chi connectivity index (χ0) is 18.6. The second-order valence-electron chi connectivity index (χ2n) is 8.38. The number of phenols is 1. The van der Waals surface area contributed by atoms with Gasteiger partial charge in [-0.15, -0.1) is 0 Å². The summed E-state index contributed by atoms with van der Waals surface area (Å²) in [5.74, 6) is 1.22. The first-order valence-electron chi connectivity index (χ1n) is 9.64. The quantitative estimate of drug-likeness (QED) is 0.759. The summed E-state index contributed by atoms with van der Waals surface area (Å²) in [4.78, 5) is 0. The minimum atomic E-state index is -0.925. The predicted octanol–water partition coefficient (Wildman–Crippen LogP) is 4.74. The van der Waals surface area contributed by atoms with Crippen LogP contribution in [0.2, 0.25) is 0 Å². The molecule has 1 aromatic carbocycles. The Morgan fingerprint density at radius 3 is 2.60 bits per heavy atom. The van der Waals surface area contributed by atoms with Crippen molar-refractivity contribution in [1.29, 1.82) is 0 Å². The zero-order valence-corrected chi connectivity index (χ0v) is 16.2. The van der Waals surface area contributed by atoms with Crippen LogP contribution in [0.1, 0.15) is 65.0 Å². The van der Waals surface area contributed by atoms with E-state index in [2.05, 4.69) is 34.3 Å². The van der Waals surface area contributed by atoms with E-state index in [0.717, 1.165) is 36.8 Å². The van der Waals surface area contributed by atoms with Gasteiger partial charge in [0.05, 0.1) is 11.0 Å². The topological polar surface area (TPSA) is 49.7 Å². The summed E-state index contributed by atoms with van der Waals surface area (Å²) in [6.07, 6.45) is 3.06. The van der Waals surface area contributed by atoms with Gasteiger partial charge in [-0.2, -0.15) is 0 Å². The summed E-state index contributed by atoms with van der Waals surface area (Å²) >= 11 is 0. The van der Waals surface area contributed by atoms with Crippen molar-refractivity contribution in [2.45, 2.75) is 77.4 Å². The van der Waals surface area contributed by atoms with Crippen LogP contribution in [-0.2, 0) is 11.8 Å². The number of ether oxygens (including phenoxy) is 1. The molecule has 0 saturated carbocycles. The third kappa shape index (κ3) is 2.28. The number of hydrogen-bond donors (Lipinski definition) is 2. The Balaban J connectivity index is 2.35. The average Bonchev–Trinajstić information content (AvgIpc) is 2.91. The minimum absolute atomic E-state index is 0.137. The molecule has 25 heavy (non-hydrogen) atoms. The smallest absolute Gasteiger partial charge is 0.166 e. The van der Waals surface area contributed by atoms with Gasteiger partial charge < -0.3 is 14.9 Å². The number of aromatic hydroxyl groups is 1. The fraction of sp³-hybridized carbons (Fsp3) is 0.636. The Labute approximate surface area is 151 Å². The van der Waals surface area contributed by atoms with E-state index in [0.29, 0.717) is 11.7 Å². The van der Waals surface area contributed by atoms with E-state index in [1.807, 2.05) is 13.0 Å². The van der Waals surface area contributed by atoms with Crippen molar-refractivity contribution in [3.05, 3.63) is 35.4 Å². The van der Waals surface area contributed by atoms with Gasteiger partial charge in [-0.1, -0.05) is 46.8 Å². The van der Waals surface area contributed by atoms with Crippen molar-refractivity contribution in [3.8, 4) is 11.5 Å². The Morgan fingerprint density at radius 1 is 1.36 bits per heavy atom. The number of benzene rings is 1. The van der Waals surface area contributed by atoms with Gasteiger partial charge in [-0.25, -0.2) is 0 Å². The minimum Gasteiger partial charge on any atom is -0.504 e. The lowest BCUT2D eigenvalue weighted by Crippen LogP contribution is -2.63. The van der Waals surface area contributed by atoms with E-state index in [9.17, 15) is 10.2 Å². The molecule has 0 fully saturated rings. The highest BCUT2D eigenvalue weighted by atomic mass is 16.5. The fourth-order valence-corrected chi connectivity index (χ4v) is 5.43. The molecule has 0 saturated heterocycles. The molecule has 1 heterocycles. The molecule has 2 N–H and O–H groups in total. The van der Waals surface area contributed by atoms with Crippen LogP contribution in [-0.4, -0.2) is 21.9 Å². The SMILES string of the molecule is C=C(CC)C1Oc2c(O)ccc3c2C1(CCC)C(C)(O)C(C(C)C)C3. The second-order valence-corrected chi connectivity index (χ2v) is 8.38. The molecule has 0 aromatic heterocycles. The third-order valence-corrected chi connectivity index (χ3v) is 6.69. The van der Waals surface area contributed by atoms with Gasteiger partial charge in [-0.3, -0.25) is 0 Å². The van der Waals surface area contributed by atoms with Gasteiger partial charge in [0.2, 0.25) is 0 Å². The lowest BCUT2D eigenvalue weighted by atomic mass is 9.51. The monoisotopic (exact) mass is 344 g/mol. The summed E-state index contributed by atoms with van der Waals surface area (Å²) in [5, 5.41) is 22.4. The van der Waals surface area contributed by atoms with Crippen molar-refractivity contribution in [2.75, 3.05) is 0 Å². The van der Waals surface area contributed by atoms with Crippen LogP contribution < -0.4 is 4.74 Å². The van der Waals surface area contributed by atoms with E-state index in [1.165, 1.54) is 5.56 Å². The first kappa shape index (κ1) is 18.3. The highest BCUT2D eigenvalue weighted by molar-refractivity contribution is 5.62. The van der Waals surface area contributed by atoms with Crippen molar-refractivity contribution >= 4 is 0 Å². The summed E-state index contributed by atoms with van der Waals surface area (Å²) in [6.45, 7) is 14.8. The summed E-state index contributed by atoms with van der Waals surface area (Å²) in [6, 6.07) is 3.75. The maximum Gasteiger partial charge on any atom is 0.166 e. The lowest BCUT2D eigenvalue weighted by molar-refractivity contribution is -0.117. The van der Waals surface area contributed by atoms with Crippen LogP contribution in [0.25, 0.3) is 0 Å². The highest BCUT2D eigenvalue weighted by Gasteiger charge is 2.65. The molecule has 4 atom stereocenters. The molecular weight excluding hydrogens is 312 g/mol. The number of hydrogen-bond acceptors (Lipinski definition) is 3. The standard InChI is InChI=1S/C22H32O3/c1-7-11-22-18-15(12-16(13(3)4)21(22,6)24)9-10-17(23)19(18)25-20(22)14(5)8-2/h9-10,13,16,20,23-24H,5,7-8,11-12H2,1-4,6H3. The van der Waals surface area contributed by atoms with Crippen LogP contribution in [0.5, 0.6) is 11.5 Å². The van der Waals surface area contributed by atoms with E-state index in [4.69, 9.17) is 4.74 Å². The number of aliphatic hydroxyl groups is 1. The van der Waals surface area contributed by atoms with Gasteiger partial charge in [-0.05, 0) is 55.2 Å². The molecule has 2 aliphatic rings. The van der Waals surface area contributed by atoms with Gasteiger partial charge in [0.1, 0.15) is 6.10 Å². The van der Waals surface area contributed by atoms with Crippen molar-refractivity contribution in [1.82, 2.24) is 0 Å². The van der Waals surface area contributed by atoms with Crippen molar-refractivity contribution in [2.24, 2.45) is 11.8 Å². The number of rotatable bonds is 5. The van der Waals surface area contributed by atoms with Crippen LogP contribution in [0, 0.1) is 11.8 Å². The maximum absolute atomic E-state index is 11.9. The highest BCUT2D eigenvalue weighted by Crippen LogP contribution is 2.63. The van der Waals surface area contributed by atoms with Gasteiger partial charge in [0.25, 0.3) is 0 Å². The first-order chi connectivity index (χ1) is 11.7. The maximum atomic E-state index is 11.9. The van der Waals surface area contributed by atoms with E-state index in [-0.39, 0.29) is 17.8 Å². The van der Waals surface area contributed by atoms with E-state index < -0.39 is 11.0 Å². The molecular formula is C22H32O3. The molecule has 0 radical (unpaired) electrons. The van der Waals surface area contributed by atoms with Crippen LogP contribution in [0.3, 0.4) is 0 Å². The normalized spacial score (nSPS) is 33.2. The molecule has 3 nitrogen and oxygen atoms in total. The predicted molar refractivity (Wildman–Crippen MR) is 101 cm³/mol. The van der Waals surface area contributed by atoms with Gasteiger partial charge in [0, 0.05) is 5.56 Å². The first-order valence-corrected chi connectivity index (χ1v) is 9.64. The zero-order valence-electron chi connectivity index (χ0n) is 16.2. The van der Waals surface area contributed by atoms with Crippen molar-refractivity contribution in [3.63, 3.8) is 0 Å². The van der Waals surface area contributed by atoms with Crippen molar-refractivity contribution < 1.29 is 14.9 Å². The number of phenolic OH excluding ortho intramolecular Hbond substituents is 1. The molecule has 4 unspecified atom stereocenters. The molecule has 0 amide bonds. The Morgan fingerprint density at radius 2 is 2.04 bits per heavy atom. The fourth-order valence-electron chi connectivity index (χ4n) is 5.43. The molecule has 3 heteroatoms. The molecule has 3 rings (SSSR count). The molecule has 1 aliphatic carbocycles. The Bertz CT molecular complexity index is 689. The summed E-state index contributed by atoms with van der Waals surface area (Å²) in [5.41, 5.74) is 1.74. The van der Waals surface area contributed by atoms with Crippen LogP contribution in [0.4, 0.5) is 0 Å². The molecule has 1 aliphatic heterocycles. The molecule has 0 bridgehead atoms. The average molecular weight is 344 g/mol. The summed E-state index contributed by atoms with van der Waals surface area (Å²) < 4.78 is 6.32. The largest absolute Gasteiger partial charge is 0.504 e. The molecule has 138 valence electrons. The van der Waals surface area contributed by atoms with Gasteiger partial charge in [0.15, 0.2) is 11.5 Å². The van der Waals surface area contributed by atoms with E-state index >= 15 is 0 Å². The second kappa shape index (κ2) is 6.05.